The predicted octanol–water partition coefficient (Wildman–Crippen LogP) is 1.59. The van der Waals surface area contributed by atoms with Crippen LogP contribution in [0.25, 0.3) is 0 Å². The van der Waals surface area contributed by atoms with Crippen molar-refractivity contribution in [2.75, 3.05) is 0 Å². The van der Waals surface area contributed by atoms with Gasteiger partial charge < -0.3 is 5.11 Å². The third-order valence-corrected chi connectivity index (χ3v) is 0.944. The van der Waals surface area contributed by atoms with Crippen LogP contribution >= 0.6 is 0 Å². The van der Waals surface area contributed by atoms with Crippen LogP contribution in [0, 0.1) is 0 Å². The first kappa shape index (κ1) is 7.95. The van der Waals surface area contributed by atoms with Gasteiger partial charge in [0.05, 0.1) is 0 Å². The summed E-state index contributed by atoms with van der Waals surface area (Å²) in [5, 5.41) is 8.14. The molecule has 0 amide bonds. The summed E-state index contributed by atoms with van der Waals surface area (Å²) in [4.78, 5) is 9.91. The highest BCUT2D eigenvalue weighted by Crippen LogP contribution is 1.92. The molecule has 0 unspecified atom stereocenters. The first-order valence-electron chi connectivity index (χ1n) is 2.70. The zero-order chi connectivity index (χ0) is 7.28. The quantitative estimate of drug-likeness (QED) is 0.450. The third-order valence-electron chi connectivity index (χ3n) is 0.944. The Morgan fingerprint density at radius 1 is 1.44 bits per heavy atom. The molecule has 0 fully saturated rings. The molecule has 0 aromatic carbocycles. The number of carboxylic acid groups (broad SMARTS) is 1. The van der Waals surface area contributed by atoms with E-state index in [0.717, 1.165) is 11.6 Å². The summed E-state index contributed by atoms with van der Waals surface area (Å²) in [6, 6.07) is 0. The Balaban J connectivity index is 3.86. The fraction of sp³-hybridized carbons (Fsp3) is 0.286. The number of hydrogen-bond donors (Lipinski definition) is 1. The standard InChI is InChI=1S/C7H10O2/c1-3-6(2)4-5-7(8)9/h3-5H,1-2H3,(H,8,9)/b5-4+,6-3-. The highest BCUT2D eigenvalue weighted by atomic mass is 16.4. The summed E-state index contributed by atoms with van der Waals surface area (Å²) in [5.41, 5.74) is 0.956. The van der Waals surface area contributed by atoms with Crippen molar-refractivity contribution in [3.8, 4) is 0 Å². The molecule has 0 aliphatic heterocycles. The topological polar surface area (TPSA) is 37.3 Å². The van der Waals surface area contributed by atoms with Crippen molar-refractivity contribution in [2.45, 2.75) is 13.8 Å². The van der Waals surface area contributed by atoms with Gasteiger partial charge in [-0.05, 0) is 13.8 Å². The van der Waals surface area contributed by atoms with Gasteiger partial charge in [-0.2, -0.15) is 0 Å². The number of allylic oxidation sites excluding steroid dienone is 3. The molecule has 0 heterocycles. The summed E-state index contributed by atoms with van der Waals surface area (Å²) >= 11 is 0. The molecule has 50 valence electrons. The average molecular weight is 126 g/mol. The first-order valence-corrected chi connectivity index (χ1v) is 2.70. The van der Waals surface area contributed by atoms with Gasteiger partial charge in [0.1, 0.15) is 0 Å². The van der Waals surface area contributed by atoms with Crippen molar-refractivity contribution < 1.29 is 9.90 Å². The maximum absolute atomic E-state index is 9.91. The largest absolute Gasteiger partial charge is 0.478 e. The molecule has 0 saturated carbocycles. The van der Waals surface area contributed by atoms with Crippen LogP contribution in [0.15, 0.2) is 23.8 Å². The van der Waals surface area contributed by atoms with Gasteiger partial charge in [-0.15, -0.1) is 0 Å². The second-order valence-corrected chi connectivity index (χ2v) is 1.70. The number of rotatable bonds is 2. The van der Waals surface area contributed by atoms with Crippen LogP contribution in [0.4, 0.5) is 0 Å². The molecule has 0 aliphatic carbocycles. The molecule has 1 N–H and O–H groups in total. The lowest BCUT2D eigenvalue weighted by atomic mass is 10.3. The smallest absolute Gasteiger partial charge is 0.328 e. The molecular formula is C7H10O2. The van der Waals surface area contributed by atoms with Crippen molar-refractivity contribution in [3.63, 3.8) is 0 Å². The Morgan fingerprint density at radius 3 is 2.33 bits per heavy atom. The van der Waals surface area contributed by atoms with Crippen LogP contribution in [-0.2, 0) is 4.79 Å². The van der Waals surface area contributed by atoms with E-state index in [4.69, 9.17) is 5.11 Å². The molecular weight excluding hydrogens is 116 g/mol. The molecule has 9 heavy (non-hydrogen) atoms. The number of carboxylic acids is 1. The van der Waals surface area contributed by atoms with Crippen LogP contribution in [-0.4, -0.2) is 11.1 Å². The molecule has 0 bridgehead atoms. The molecule has 2 nitrogen and oxygen atoms in total. The van der Waals surface area contributed by atoms with Gasteiger partial charge in [-0.25, -0.2) is 4.79 Å². The molecule has 0 spiro atoms. The van der Waals surface area contributed by atoms with E-state index >= 15 is 0 Å². The molecule has 0 aliphatic rings. The summed E-state index contributed by atoms with van der Waals surface area (Å²) in [5.74, 6) is -0.906. The van der Waals surface area contributed by atoms with Crippen LogP contribution in [0.2, 0.25) is 0 Å². The van der Waals surface area contributed by atoms with Crippen molar-refractivity contribution in [2.24, 2.45) is 0 Å². The van der Waals surface area contributed by atoms with Crippen molar-refractivity contribution in [1.29, 1.82) is 0 Å². The predicted molar refractivity (Wildman–Crippen MR) is 36.2 cm³/mol. The van der Waals surface area contributed by atoms with E-state index in [0.29, 0.717) is 0 Å². The first-order chi connectivity index (χ1) is 4.16. The number of aliphatic carboxylic acids is 1. The van der Waals surface area contributed by atoms with Crippen LogP contribution in [0.1, 0.15) is 13.8 Å². The number of carbonyl (C=O) groups is 1. The Bertz CT molecular complexity index is 154. The van der Waals surface area contributed by atoms with Gasteiger partial charge in [0.15, 0.2) is 0 Å². The van der Waals surface area contributed by atoms with E-state index in [2.05, 4.69) is 0 Å². The maximum atomic E-state index is 9.91. The Morgan fingerprint density at radius 2 is 2.00 bits per heavy atom. The summed E-state index contributed by atoms with van der Waals surface area (Å²) in [7, 11) is 0. The Labute approximate surface area is 54.5 Å². The molecule has 0 saturated heterocycles. The van der Waals surface area contributed by atoms with E-state index in [1.54, 1.807) is 6.08 Å². The van der Waals surface area contributed by atoms with Crippen LogP contribution in [0.3, 0.4) is 0 Å². The minimum Gasteiger partial charge on any atom is -0.478 e. The van der Waals surface area contributed by atoms with Gasteiger partial charge >= 0.3 is 5.97 Å². The second-order valence-electron chi connectivity index (χ2n) is 1.70. The Kier molecular flexibility index (Phi) is 3.44. The van der Waals surface area contributed by atoms with E-state index in [-0.39, 0.29) is 0 Å². The average Bonchev–Trinajstić information content (AvgIpc) is 1.83. The van der Waals surface area contributed by atoms with Gasteiger partial charge in [-0.1, -0.05) is 17.7 Å². The molecule has 0 atom stereocenters. The minimum absolute atomic E-state index is 0.906. The fourth-order valence-corrected chi connectivity index (χ4v) is 0.299. The van der Waals surface area contributed by atoms with E-state index in [1.807, 2.05) is 19.9 Å². The maximum Gasteiger partial charge on any atom is 0.328 e. The highest BCUT2D eigenvalue weighted by molar-refractivity contribution is 5.80. The van der Waals surface area contributed by atoms with Crippen molar-refractivity contribution >= 4 is 5.97 Å². The van der Waals surface area contributed by atoms with Crippen molar-refractivity contribution in [1.82, 2.24) is 0 Å². The van der Waals surface area contributed by atoms with Gasteiger partial charge in [0, 0.05) is 6.08 Å². The highest BCUT2D eigenvalue weighted by Gasteiger charge is 1.83. The summed E-state index contributed by atoms with van der Waals surface area (Å²) in [6.07, 6.45) is 4.52. The fourth-order valence-electron chi connectivity index (χ4n) is 0.299. The zero-order valence-corrected chi connectivity index (χ0v) is 5.59. The van der Waals surface area contributed by atoms with Gasteiger partial charge in [0.25, 0.3) is 0 Å². The van der Waals surface area contributed by atoms with Crippen LogP contribution in [0.5, 0.6) is 0 Å². The number of hydrogen-bond acceptors (Lipinski definition) is 1. The Hall–Kier alpha value is -1.05. The molecule has 0 aromatic heterocycles. The van der Waals surface area contributed by atoms with Crippen LogP contribution < -0.4 is 0 Å². The lowest BCUT2D eigenvalue weighted by Crippen LogP contribution is -1.85. The normalized spacial score (nSPS) is 12.4. The third kappa shape index (κ3) is 4.81. The molecule has 2 heteroatoms. The zero-order valence-electron chi connectivity index (χ0n) is 5.59. The van der Waals surface area contributed by atoms with E-state index in [1.165, 1.54) is 0 Å². The second kappa shape index (κ2) is 3.89. The molecule has 0 aromatic rings. The summed E-state index contributed by atoms with van der Waals surface area (Å²) in [6.45, 7) is 3.71. The monoisotopic (exact) mass is 126 g/mol. The lowest BCUT2D eigenvalue weighted by molar-refractivity contribution is -0.131. The SMILES string of the molecule is C/C=C(C)\C=C\C(=O)O. The van der Waals surface area contributed by atoms with E-state index < -0.39 is 5.97 Å². The van der Waals surface area contributed by atoms with Gasteiger partial charge in [-0.3, -0.25) is 0 Å². The lowest BCUT2D eigenvalue weighted by Gasteiger charge is -1.83. The van der Waals surface area contributed by atoms with E-state index in [9.17, 15) is 4.79 Å². The van der Waals surface area contributed by atoms with Gasteiger partial charge in [0.2, 0.25) is 0 Å². The summed E-state index contributed by atoms with van der Waals surface area (Å²) < 4.78 is 0. The molecule has 0 rings (SSSR count). The molecule has 0 radical (unpaired) electrons. The minimum atomic E-state index is -0.906. The van der Waals surface area contributed by atoms with Crippen molar-refractivity contribution in [3.05, 3.63) is 23.8 Å².